The second-order valence-corrected chi connectivity index (χ2v) is 17.9. The molecule has 3 aromatic rings. The Bertz CT molecular complexity index is 2120. The van der Waals surface area contributed by atoms with E-state index in [2.05, 4.69) is 29.7 Å². The summed E-state index contributed by atoms with van der Waals surface area (Å²) in [7, 11) is 0. The van der Waals surface area contributed by atoms with Crippen molar-refractivity contribution in [2.45, 2.75) is 95.6 Å². The van der Waals surface area contributed by atoms with Gasteiger partial charge in [-0.1, -0.05) is 42.3 Å². The summed E-state index contributed by atoms with van der Waals surface area (Å²) in [5.41, 5.74) is 3.43. The maximum Gasteiger partial charge on any atom is 0.254 e. The highest BCUT2D eigenvalue weighted by molar-refractivity contribution is 6.03. The van der Waals surface area contributed by atoms with Crippen LogP contribution in [0.25, 0.3) is 0 Å². The van der Waals surface area contributed by atoms with Gasteiger partial charge < -0.3 is 34.2 Å². The van der Waals surface area contributed by atoms with Crippen molar-refractivity contribution in [3.05, 3.63) is 119 Å². The van der Waals surface area contributed by atoms with Crippen LogP contribution in [-0.2, 0) is 16.1 Å². The number of nitriles is 1. The van der Waals surface area contributed by atoms with Gasteiger partial charge in [-0.3, -0.25) is 9.69 Å². The largest absolute Gasteiger partial charge is 0.492 e. The minimum atomic E-state index is -1.49. The molecule has 12 heteroatoms. The van der Waals surface area contributed by atoms with Crippen LogP contribution in [0.2, 0.25) is 0 Å². The number of amides is 1. The molecule has 1 saturated carbocycles. The Labute approximate surface area is 365 Å². The highest BCUT2D eigenvalue weighted by atomic mass is 19.1. The highest BCUT2D eigenvalue weighted by Gasteiger charge is 2.65. The van der Waals surface area contributed by atoms with Crippen molar-refractivity contribution in [2.24, 2.45) is 22.9 Å². The number of ether oxygens (including phenoxy) is 3. The first-order valence-electron chi connectivity index (χ1n) is 22.2. The predicted molar refractivity (Wildman–Crippen MR) is 235 cm³/mol. The van der Waals surface area contributed by atoms with Crippen molar-refractivity contribution in [3.63, 3.8) is 0 Å². The first-order valence-corrected chi connectivity index (χ1v) is 22.2. The number of hydrogen-bond acceptors (Lipinski definition) is 10. The monoisotopic (exact) mass is 848 g/mol. The molecular weight excluding hydrogens is 788 g/mol. The van der Waals surface area contributed by atoms with Gasteiger partial charge in [-0.25, -0.2) is 4.39 Å². The van der Waals surface area contributed by atoms with Gasteiger partial charge in [-0.15, -0.1) is 6.58 Å². The van der Waals surface area contributed by atoms with Gasteiger partial charge in [0.05, 0.1) is 29.9 Å². The quantitative estimate of drug-likeness (QED) is 0.0500. The average molecular weight is 849 g/mol. The Kier molecular flexibility index (Phi) is 14.5. The number of hydrogen-bond donors (Lipinski definition) is 2. The molecule has 4 aliphatic rings. The number of unbranched alkanes of at least 4 members (excludes halogenated alkanes) is 2. The van der Waals surface area contributed by atoms with Crippen LogP contribution >= 0.6 is 0 Å². The van der Waals surface area contributed by atoms with E-state index in [9.17, 15) is 19.9 Å². The number of carbonyl (C=O) groups is 1. The predicted octanol–water partition coefficient (Wildman–Crippen LogP) is 8.17. The molecule has 62 heavy (non-hydrogen) atoms. The molecule has 0 radical (unpaired) electrons. The molecule has 2 aliphatic heterocycles. The zero-order valence-electron chi connectivity index (χ0n) is 36.3. The number of oxime groups is 1. The third-order valence-electron chi connectivity index (χ3n) is 12.5. The van der Waals surface area contributed by atoms with Gasteiger partial charge in [0.2, 0.25) is 5.79 Å². The van der Waals surface area contributed by atoms with E-state index in [0.29, 0.717) is 47.6 Å². The molecular formula is C50H61FN4O7. The molecule has 330 valence electrons. The van der Waals surface area contributed by atoms with Crippen LogP contribution in [0.5, 0.6) is 11.5 Å². The van der Waals surface area contributed by atoms with Gasteiger partial charge in [-0.2, -0.15) is 5.26 Å². The van der Waals surface area contributed by atoms with E-state index in [0.717, 1.165) is 62.2 Å². The summed E-state index contributed by atoms with van der Waals surface area (Å²) in [5, 5.41) is 34.5. The first-order chi connectivity index (χ1) is 30.0. The fraction of sp³-hybridized carbons (Fsp3) is 0.500. The molecule has 1 saturated heterocycles. The second-order valence-electron chi connectivity index (χ2n) is 17.9. The molecule has 1 amide bonds. The smallest absolute Gasteiger partial charge is 0.254 e. The molecule has 2 N–H and O–H groups in total. The standard InChI is InChI=1S/C50H61FN4O7/c1-5-27-60-50-45(55(33-35-14-18-38(51)19-15-35)48(58)36-16-12-34(32-52)13-17-36)31-43(53-62-49(2,3)4)41-29-37(10-6-8-25-56)40(11-7-9-26-57)46(47(41)50)42-30-39(20-21-44(42)61-50)59-28-24-54-22-23-54/h5,12-21,29-30,37,40,45-47,56-57H,1,6-11,22-28,31,33H2,2-4H3/t37-,40+,45-,46+,47+,50+/m0/s1. The number of allylic oxidation sites excluding steroid dienone is 1. The number of aliphatic hydroxyl groups excluding tert-OH is 2. The summed E-state index contributed by atoms with van der Waals surface area (Å²) in [5.74, 6) is -1.48. The highest BCUT2D eigenvalue weighted by Crippen LogP contribution is 2.62. The van der Waals surface area contributed by atoms with E-state index in [1.165, 1.54) is 12.1 Å². The lowest BCUT2D eigenvalue weighted by Crippen LogP contribution is -2.70. The molecule has 6 atom stereocenters. The van der Waals surface area contributed by atoms with Crippen LogP contribution in [0, 0.1) is 34.9 Å². The lowest BCUT2D eigenvalue weighted by molar-refractivity contribution is -0.255. The lowest BCUT2D eigenvalue weighted by Gasteiger charge is -2.60. The van der Waals surface area contributed by atoms with Gasteiger partial charge in [0, 0.05) is 62.9 Å². The summed E-state index contributed by atoms with van der Waals surface area (Å²) in [6, 6.07) is 20.0. The van der Waals surface area contributed by atoms with Crippen LogP contribution in [-0.4, -0.2) is 95.1 Å². The number of halogens is 1. The van der Waals surface area contributed by atoms with Crippen LogP contribution in [0.4, 0.5) is 4.39 Å². The number of aliphatic hydroxyl groups is 2. The summed E-state index contributed by atoms with van der Waals surface area (Å²) in [6.45, 7) is 13.8. The Morgan fingerprint density at radius 1 is 1.05 bits per heavy atom. The first kappa shape index (κ1) is 45.0. The van der Waals surface area contributed by atoms with E-state index in [1.54, 1.807) is 47.4 Å². The number of fused-ring (bicyclic) bond motifs is 2. The summed E-state index contributed by atoms with van der Waals surface area (Å²) in [4.78, 5) is 25.6. The number of carbonyl (C=O) groups excluding carboxylic acids is 1. The van der Waals surface area contributed by atoms with Crippen LogP contribution in [0.1, 0.15) is 98.7 Å². The topological polar surface area (TPSA) is 137 Å². The van der Waals surface area contributed by atoms with E-state index < -0.39 is 29.2 Å². The number of rotatable bonds is 20. The Morgan fingerprint density at radius 2 is 1.77 bits per heavy atom. The third-order valence-corrected chi connectivity index (χ3v) is 12.5. The Hall–Kier alpha value is -5.06. The van der Waals surface area contributed by atoms with Crippen LogP contribution in [0.3, 0.4) is 0 Å². The second kappa shape index (κ2) is 20.0. The number of benzene rings is 3. The van der Waals surface area contributed by atoms with E-state index in [1.807, 2.05) is 32.9 Å². The van der Waals surface area contributed by atoms with Crippen molar-refractivity contribution < 1.29 is 38.4 Å². The Balaban J connectivity index is 1.46. The van der Waals surface area contributed by atoms with Crippen molar-refractivity contribution in [1.82, 2.24) is 9.80 Å². The van der Waals surface area contributed by atoms with E-state index in [-0.39, 0.29) is 56.4 Å². The summed E-state index contributed by atoms with van der Waals surface area (Å²) < 4.78 is 35.3. The minimum Gasteiger partial charge on any atom is -0.492 e. The van der Waals surface area contributed by atoms with Crippen molar-refractivity contribution in [1.29, 1.82) is 5.26 Å². The molecule has 11 nitrogen and oxygen atoms in total. The van der Waals surface area contributed by atoms with Gasteiger partial charge in [-0.05, 0) is 124 Å². The minimum absolute atomic E-state index is 0.0412. The third kappa shape index (κ3) is 10.2. The van der Waals surface area contributed by atoms with Crippen molar-refractivity contribution >= 4 is 11.6 Å². The summed E-state index contributed by atoms with van der Waals surface area (Å²) >= 11 is 0. The molecule has 0 bridgehead atoms. The molecule has 2 fully saturated rings. The average Bonchev–Trinajstić information content (AvgIpc) is 4.10. The van der Waals surface area contributed by atoms with Crippen molar-refractivity contribution in [2.75, 3.05) is 46.1 Å². The van der Waals surface area contributed by atoms with Crippen LogP contribution < -0.4 is 9.47 Å². The normalized spacial score (nSPS) is 24.5. The Morgan fingerprint density at radius 3 is 2.44 bits per heavy atom. The fourth-order valence-corrected chi connectivity index (χ4v) is 9.48. The zero-order valence-corrected chi connectivity index (χ0v) is 36.3. The molecule has 2 aliphatic carbocycles. The molecule has 0 spiro atoms. The van der Waals surface area contributed by atoms with Crippen molar-refractivity contribution in [3.8, 4) is 17.6 Å². The maximum atomic E-state index is 15.2. The fourth-order valence-electron chi connectivity index (χ4n) is 9.48. The van der Waals surface area contributed by atoms with E-state index in [4.69, 9.17) is 24.2 Å². The van der Waals surface area contributed by atoms with Crippen LogP contribution in [0.15, 0.2) is 96.2 Å². The molecule has 7 rings (SSSR count). The maximum absolute atomic E-state index is 15.2. The van der Waals surface area contributed by atoms with Gasteiger partial charge >= 0.3 is 0 Å². The van der Waals surface area contributed by atoms with Gasteiger partial charge in [0.15, 0.2) is 0 Å². The zero-order chi connectivity index (χ0) is 43.9. The molecule has 0 aromatic heterocycles. The number of nitrogens with zero attached hydrogens (tertiary/aromatic N) is 4. The van der Waals surface area contributed by atoms with E-state index >= 15 is 4.79 Å². The van der Waals surface area contributed by atoms with Gasteiger partial charge in [0.1, 0.15) is 35.6 Å². The lowest BCUT2D eigenvalue weighted by atomic mass is 9.55. The molecule has 0 unspecified atom stereocenters. The molecule has 2 heterocycles. The molecule has 3 aromatic carbocycles. The SMILES string of the molecule is C=CCO[C@@]12Oc3ccc(OCCN4CC4)cc3[C@H]3[C@H](CCCCO)[C@@H](CCCCO)C=C(C(=NOC(C)(C)C)C[C@@H]1N(Cc1ccc(F)cc1)C(=O)c1ccc(C#N)cc1)[C@H]32. The van der Waals surface area contributed by atoms with Gasteiger partial charge in [0.25, 0.3) is 5.91 Å². The summed E-state index contributed by atoms with van der Waals surface area (Å²) in [6.07, 6.45) is 8.75.